The summed E-state index contributed by atoms with van der Waals surface area (Å²) in [5.41, 5.74) is 1.04. The third-order valence-electron chi connectivity index (χ3n) is 4.66. The average molecular weight is 284 g/mol. The van der Waals surface area contributed by atoms with Crippen molar-refractivity contribution in [2.24, 2.45) is 23.7 Å². The van der Waals surface area contributed by atoms with Gasteiger partial charge in [-0.25, -0.2) is 0 Å². The molecule has 2 aliphatic rings. The molecule has 110 valence electrons. The van der Waals surface area contributed by atoms with Crippen molar-refractivity contribution >= 4 is 11.9 Å². The van der Waals surface area contributed by atoms with Gasteiger partial charge in [-0.1, -0.05) is 42.5 Å². The monoisotopic (exact) mass is 284 g/mol. The second-order valence-electron chi connectivity index (χ2n) is 6.00. The Balaban J connectivity index is 1.75. The molecule has 0 saturated heterocycles. The van der Waals surface area contributed by atoms with Gasteiger partial charge in [0.2, 0.25) is 5.91 Å². The summed E-state index contributed by atoms with van der Waals surface area (Å²) in [5.74, 6) is -2.34. The second kappa shape index (κ2) is 5.35. The first-order valence-corrected chi connectivity index (χ1v) is 7.26. The number of carbonyl (C=O) groups excluding carboxylic acids is 2. The standard InChI is InChI=1S/C17H19NO3/c1-18(10-11-5-3-2-4-6-11)16(19)14-12-7-8-13(9-12)15(14)17(20)21/h2-8,12-15H,9-10H2,1H3,(H,20,21)/p-1/t12-,13-,14-,15-/m0/s1. The molecule has 0 aliphatic heterocycles. The molecule has 0 aromatic heterocycles. The number of rotatable bonds is 4. The van der Waals surface area contributed by atoms with E-state index >= 15 is 0 Å². The predicted octanol–water partition coefficient (Wildman–Crippen LogP) is 0.833. The van der Waals surface area contributed by atoms with Gasteiger partial charge in [0.15, 0.2) is 0 Å². The molecule has 0 radical (unpaired) electrons. The molecule has 4 heteroatoms. The summed E-state index contributed by atoms with van der Waals surface area (Å²) in [7, 11) is 1.73. The van der Waals surface area contributed by atoms with Crippen molar-refractivity contribution in [3.8, 4) is 0 Å². The summed E-state index contributed by atoms with van der Waals surface area (Å²) in [4.78, 5) is 25.7. The second-order valence-corrected chi connectivity index (χ2v) is 6.00. The van der Waals surface area contributed by atoms with Crippen LogP contribution >= 0.6 is 0 Å². The first kappa shape index (κ1) is 13.9. The molecule has 3 rings (SSSR count). The molecule has 1 aromatic rings. The molecule has 1 aromatic carbocycles. The fourth-order valence-corrected chi connectivity index (χ4v) is 3.67. The number of nitrogens with zero attached hydrogens (tertiary/aromatic N) is 1. The van der Waals surface area contributed by atoms with E-state index in [1.54, 1.807) is 11.9 Å². The third kappa shape index (κ3) is 2.46. The first-order chi connectivity index (χ1) is 10.1. The molecule has 0 spiro atoms. The van der Waals surface area contributed by atoms with Crippen molar-refractivity contribution in [3.05, 3.63) is 48.0 Å². The van der Waals surface area contributed by atoms with Crippen molar-refractivity contribution < 1.29 is 14.7 Å². The number of benzene rings is 1. The van der Waals surface area contributed by atoms with Gasteiger partial charge in [0, 0.05) is 25.5 Å². The normalized spacial score (nSPS) is 29.6. The number of carboxylic acids is 1. The molecular weight excluding hydrogens is 266 g/mol. The van der Waals surface area contributed by atoms with Gasteiger partial charge >= 0.3 is 0 Å². The zero-order valence-electron chi connectivity index (χ0n) is 11.9. The Morgan fingerprint density at radius 3 is 2.38 bits per heavy atom. The van der Waals surface area contributed by atoms with E-state index in [1.807, 2.05) is 42.5 Å². The zero-order chi connectivity index (χ0) is 15.0. The summed E-state index contributed by atoms with van der Waals surface area (Å²) in [6.07, 6.45) is 4.67. The Hall–Kier alpha value is -2.10. The molecule has 1 amide bonds. The maximum Gasteiger partial charge on any atom is 0.227 e. The number of fused-ring (bicyclic) bond motifs is 2. The Morgan fingerprint density at radius 2 is 1.76 bits per heavy atom. The van der Waals surface area contributed by atoms with Gasteiger partial charge < -0.3 is 14.8 Å². The predicted molar refractivity (Wildman–Crippen MR) is 75.6 cm³/mol. The highest BCUT2D eigenvalue weighted by molar-refractivity contribution is 5.86. The topological polar surface area (TPSA) is 60.4 Å². The maximum absolute atomic E-state index is 12.7. The van der Waals surface area contributed by atoms with Gasteiger partial charge in [0.05, 0.1) is 5.92 Å². The quantitative estimate of drug-likeness (QED) is 0.770. The molecule has 4 nitrogen and oxygen atoms in total. The van der Waals surface area contributed by atoms with Crippen LogP contribution in [0.15, 0.2) is 42.5 Å². The van der Waals surface area contributed by atoms with Crippen LogP contribution in [-0.4, -0.2) is 23.8 Å². The average Bonchev–Trinajstić information content (AvgIpc) is 3.08. The van der Waals surface area contributed by atoms with E-state index in [0.717, 1.165) is 12.0 Å². The van der Waals surface area contributed by atoms with Crippen LogP contribution in [-0.2, 0) is 16.1 Å². The number of hydrogen-bond acceptors (Lipinski definition) is 3. The molecular formula is C17H18NO3-. The molecule has 21 heavy (non-hydrogen) atoms. The van der Waals surface area contributed by atoms with E-state index in [1.165, 1.54) is 0 Å². The van der Waals surface area contributed by atoms with Gasteiger partial charge in [-0.2, -0.15) is 0 Å². The summed E-state index contributed by atoms with van der Waals surface area (Å²) < 4.78 is 0. The minimum atomic E-state index is -1.10. The van der Waals surface area contributed by atoms with Crippen molar-refractivity contribution in [1.82, 2.24) is 4.90 Å². The van der Waals surface area contributed by atoms with E-state index in [0.29, 0.717) is 6.54 Å². The number of hydrogen-bond donors (Lipinski definition) is 0. The third-order valence-corrected chi connectivity index (χ3v) is 4.66. The fraction of sp³-hybridized carbons (Fsp3) is 0.412. The molecule has 0 N–H and O–H groups in total. The van der Waals surface area contributed by atoms with E-state index in [-0.39, 0.29) is 17.7 Å². The SMILES string of the molecule is CN(Cc1ccccc1)C(=O)[C@@H]1[C@@H](C(=O)[O-])[C@H]2C=C[C@H]1C2. The van der Waals surface area contributed by atoms with Crippen LogP contribution < -0.4 is 5.11 Å². The van der Waals surface area contributed by atoms with E-state index in [4.69, 9.17) is 0 Å². The van der Waals surface area contributed by atoms with Gasteiger partial charge in [0.25, 0.3) is 0 Å². The summed E-state index contributed by atoms with van der Waals surface area (Å²) in [6.45, 7) is 0.497. The van der Waals surface area contributed by atoms with E-state index in [9.17, 15) is 14.7 Å². The fourth-order valence-electron chi connectivity index (χ4n) is 3.67. The molecule has 0 unspecified atom stereocenters. The molecule has 4 atom stereocenters. The zero-order valence-corrected chi connectivity index (χ0v) is 11.9. The summed E-state index contributed by atoms with van der Waals surface area (Å²) >= 11 is 0. The summed E-state index contributed by atoms with van der Waals surface area (Å²) in [5, 5.41) is 11.4. The van der Waals surface area contributed by atoms with Crippen LogP contribution in [0.25, 0.3) is 0 Å². The molecule has 2 aliphatic carbocycles. The lowest BCUT2D eigenvalue weighted by molar-refractivity contribution is -0.313. The van der Waals surface area contributed by atoms with Crippen molar-refractivity contribution in [3.63, 3.8) is 0 Å². The smallest absolute Gasteiger partial charge is 0.227 e. The number of amides is 1. The number of carboxylic acid groups (broad SMARTS) is 1. The molecule has 1 saturated carbocycles. The highest BCUT2D eigenvalue weighted by Gasteiger charge is 2.49. The molecule has 2 bridgehead atoms. The van der Waals surface area contributed by atoms with Gasteiger partial charge in [-0.05, 0) is 23.8 Å². The Labute approximate surface area is 124 Å². The van der Waals surface area contributed by atoms with Crippen molar-refractivity contribution in [1.29, 1.82) is 0 Å². The Kier molecular flexibility index (Phi) is 3.53. The Morgan fingerprint density at radius 1 is 1.14 bits per heavy atom. The number of carbonyl (C=O) groups is 2. The van der Waals surface area contributed by atoms with E-state index < -0.39 is 17.8 Å². The highest BCUT2D eigenvalue weighted by Crippen LogP contribution is 2.48. The number of allylic oxidation sites excluding steroid dienone is 2. The molecule has 1 fully saturated rings. The van der Waals surface area contributed by atoms with Gasteiger partial charge in [-0.3, -0.25) is 4.79 Å². The van der Waals surface area contributed by atoms with Crippen LogP contribution in [0.2, 0.25) is 0 Å². The van der Waals surface area contributed by atoms with Gasteiger partial charge in [-0.15, -0.1) is 0 Å². The van der Waals surface area contributed by atoms with Crippen molar-refractivity contribution in [2.45, 2.75) is 13.0 Å². The molecule has 0 heterocycles. The van der Waals surface area contributed by atoms with Crippen LogP contribution in [0.3, 0.4) is 0 Å². The highest BCUT2D eigenvalue weighted by atomic mass is 16.4. The van der Waals surface area contributed by atoms with Crippen LogP contribution in [0, 0.1) is 23.7 Å². The summed E-state index contributed by atoms with van der Waals surface area (Å²) in [6, 6.07) is 9.70. The largest absolute Gasteiger partial charge is 0.550 e. The minimum Gasteiger partial charge on any atom is -0.550 e. The number of aliphatic carboxylic acids is 1. The van der Waals surface area contributed by atoms with Crippen molar-refractivity contribution in [2.75, 3.05) is 7.05 Å². The maximum atomic E-state index is 12.7. The van der Waals surface area contributed by atoms with Crippen LogP contribution in [0.4, 0.5) is 0 Å². The lowest BCUT2D eigenvalue weighted by atomic mass is 9.82. The minimum absolute atomic E-state index is 0.0425. The van der Waals surface area contributed by atoms with Crippen LogP contribution in [0.1, 0.15) is 12.0 Å². The first-order valence-electron chi connectivity index (χ1n) is 7.26. The lowest BCUT2D eigenvalue weighted by Gasteiger charge is -2.31. The van der Waals surface area contributed by atoms with E-state index in [2.05, 4.69) is 0 Å². The van der Waals surface area contributed by atoms with Gasteiger partial charge in [0.1, 0.15) is 0 Å². The Bertz CT molecular complexity index is 581. The van der Waals surface area contributed by atoms with Crippen LogP contribution in [0.5, 0.6) is 0 Å². The lowest BCUT2D eigenvalue weighted by Crippen LogP contribution is -2.45.